The topological polar surface area (TPSA) is 49.3 Å². The molecule has 1 rings (SSSR count). The number of aliphatic carboxylic acids is 1. The lowest BCUT2D eigenvalue weighted by Gasteiger charge is -2.15. The van der Waals surface area contributed by atoms with Crippen molar-refractivity contribution in [3.8, 4) is 0 Å². The lowest BCUT2D eigenvalue weighted by Crippen LogP contribution is -2.35. The van der Waals surface area contributed by atoms with Crippen molar-refractivity contribution in [2.24, 2.45) is 5.92 Å². The summed E-state index contributed by atoms with van der Waals surface area (Å²) in [5.74, 6) is -0.0806. The van der Waals surface area contributed by atoms with E-state index in [1.54, 1.807) is 7.05 Å². The smallest absolute Gasteiger partial charge is 0.320 e. The molecule has 1 unspecified atom stereocenters. The summed E-state index contributed by atoms with van der Waals surface area (Å²) in [6, 6.07) is -0.340. The van der Waals surface area contributed by atoms with Crippen molar-refractivity contribution in [1.82, 2.24) is 5.32 Å². The Morgan fingerprint density at radius 2 is 2.00 bits per heavy atom. The molecule has 84 valence electrons. The van der Waals surface area contributed by atoms with Crippen LogP contribution in [0.1, 0.15) is 32.1 Å². The van der Waals surface area contributed by atoms with Gasteiger partial charge in [0.15, 0.2) is 0 Å². The van der Waals surface area contributed by atoms with Gasteiger partial charge in [0.2, 0.25) is 0 Å². The number of carbonyl (C=O) groups is 1. The second-order valence-electron chi connectivity index (χ2n) is 3.57. The third-order valence-electron chi connectivity index (χ3n) is 2.69. The summed E-state index contributed by atoms with van der Waals surface area (Å²) in [4.78, 5) is 10.7. The Morgan fingerprint density at radius 3 is 2.36 bits per heavy atom. The van der Waals surface area contributed by atoms with Gasteiger partial charge in [-0.05, 0) is 19.4 Å². The van der Waals surface area contributed by atoms with Crippen LogP contribution in [-0.4, -0.2) is 24.2 Å². The molecule has 1 fully saturated rings. The van der Waals surface area contributed by atoms with Crippen LogP contribution in [0.15, 0.2) is 0 Å². The van der Waals surface area contributed by atoms with Gasteiger partial charge in [-0.25, -0.2) is 0 Å². The molecule has 0 saturated heterocycles. The van der Waals surface area contributed by atoms with E-state index in [-0.39, 0.29) is 6.04 Å². The summed E-state index contributed by atoms with van der Waals surface area (Å²) in [7, 11) is 1.72. The molecule has 1 saturated carbocycles. The van der Waals surface area contributed by atoms with Crippen LogP contribution in [0, 0.1) is 5.92 Å². The van der Waals surface area contributed by atoms with E-state index in [0.717, 1.165) is 6.42 Å². The molecule has 0 spiro atoms. The molecule has 0 aromatic rings. The Kier molecular flexibility index (Phi) is 9.72. The molecule has 0 bridgehead atoms. The molecule has 1 aliphatic rings. The van der Waals surface area contributed by atoms with Crippen molar-refractivity contribution in [3.05, 3.63) is 0 Å². The van der Waals surface area contributed by atoms with E-state index in [1.807, 2.05) is 0 Å². The lowest BCUT2D eigenvalue weighted by atomic mass is 9.99. The van der Waals surface area contributed by atoms with Gasteiger partial charge in [0.1, 0.15) is 6.04 Å². The van der Waals surface area contributed by atoms with Gasteiger partial charge in [-0.3, -0.25) is 4.79 Å². The molecule has 0 aliphatic heterocycles. The highest BCUT2D eigenvalue weighted by Gasteiger charge is 2.23. The highest BCUT2D eigenvalue weighted by atomic mass is 128. The normalized spacial score (nSPS) is 18.5. The molecular weight excluding hydrogens is 408 g/mol. The van der Waals surface area contributed by atoms with Gasteiger partial charge in [-0.15, -0.1) is 0 Å². The van der Waals surface area contributed by atoms with Crippen molar-refractivity contribution >= 4 is 43.2 Å². The Labute approximate surface area is 109 Å². The van der Waals surface area contributed by atoms with Crippen LogP contribution >= 0.6 is 37.2 Å². The number of rotatable bonds is 4. The van der Waals surface area contributed by atoms with Crippen molar-refractivity contribution in [2.45, 2.75) is 38.1 Å². The number of nitrogens with one attached hydrogen (secondary N) is 1. The minimum absolute atomic E-state index is 0.340. The summed E-state index contributed by atoms with van der Waals surface area (Å²) in [6.07, 6.45) is 5.78. The molecule has 3 nitrogen and oxygen atoms in total. The maximum absolute atomic E-state index is 10.7. The van der Waals surface area contributed by atoms with Crippen molar-refractivity contribution in [3.63, 3.8) is 0 Å². The standard InChI is InChI=1S/C9H17NO2.I2/c1-10-8(9(11)12)6-7-4-2-3-5-7;1-2/h7-8,10H,2-6H2,1H3,(H,11,12);. The number of halogens is 2. The molecule has 0 radical (unpaired) electrons. The minimum atomic E-state index is -0.718. The maximum atomic E-state index is 10.7. The first kappa shape index (κ1) is 14.9. The second-order valence-corrected chi connectivity index (χ2v) is 3.57. The van der Waals surface area contributed by atoms with Crippen LogP contribution < -0.4 is 5.32 Å². The highest BCUT2D eigenvalue weighted by molar-refractivity contribution is 15.0. The van der Waals surface area contributed by atoms with E-state index < -0.39 is 5.97 Å². The maximum Gasteiger partial charge on any atom is 0.320 e. The van der Waals surface area contributed by atoms with Gasteiger partial charge in [0.25, 0.3) is 0 Å². The van der Waals surface area contributed by atoms with Crippen LogP contribution in [0.2, 0.25) is 0 Å². The fourth-order valence-corrected chi connectivity index (χ4v) is 1.92. The second kappa shape index (κ2) is 9.14. The molecule has 0 aromatic heterocycles. The summed E-state index contributed by atoms with van der Waals surface area (Å²) >= 11 is 4.24. The number of hydrogen-bond donors (Lipinski definition) is 2. The first-order chi connectivity index (χ1) is 6.74. The van der Waals surface area contributed by atoms with Crippen molar-refractivity contribution in [2.75, 3.05) is 7.05 Å². The molecule has 14 heavy (non-hydrogen) atoms. The van der Waals surface area contributed by atoms with Gasteiger partial charge in [-0.2, -0.15) is 0 Å². The quantitative estimate of drug-likeness (QED) is 0.682. The Hall–Kier alpha value is 0.890. The van der Waals surface area contributed by atoms with Gasteiger partial charge < -0.3 is 10.4 Å². The van der Waals surface area contributed by atoms with Gasteiger partial charge in [0, 0.05) is 37.2 Å². The molecule has 0 amide bonds. The average molecular weight is 425 g/mol. The number of hydrogen-bond acceptors (Lipinski definition) is 2. The Morgan fingerprint density at radius 1 is 1.50 bits per heavy atom. The van der Waals surface area contributed by atoms with Gasteiger partial charge in [-0.1, -0.05) is 25.7 Å². The van der Waals surface area contributed by atoms with Crippen LogP contribution in [0.4, 0.5) is 0 Å². The van der Waals surface area contributed by atoms with E-state index in [0.29, 0.717) is 5.92 Å². The molecule has 1 atom stereocenters. The third-order valence-corrected chi connectivity index (χ3v) is 2.69. The lowest BCUT2D eigenvalue weighted by molar-refractivity contribution is -0.139. The zero-order valence-electron chi connectivity index (χ0n) is 8.30. The minimum Gasteiger partial charge on any atom is -0.480 e. The van der Waals surface area contributed by atoms with E-state index in [2.05, 4.69) is 42.5 Å². The fraction of sp³-hybridized carbons (Fsp3) is 0.889. The molecular formula is C9H17I2NO2. The largest absolute Gasteiger partial charge is 0.480 e. The monoisotopic (exact) mass is 425 g/mol. The van der Waals surface area contributed by atoms with Crippen molar-refractivity contribution < 1.29 is 9.90 Å². The van der Waals surface area contributed by atoms with Crippen LogP contribution in [-0.2, 0) is 4.79 Å². The van der Waals surface area contributed by atoms with Crippen LogP contribution in [0.25, 0.3) is 0 Å². The molecule has 2 N–H and O–H groups in total. The van der Waals surface area contributed by atoms with Crippen LogP contribution in [0.3, 0.4) is 0 Å². The SMILES string of the molecule is CNC(CC1CCCC1)C(=O)O.II. The zero-order chi connectivity index (χ0) is 11.0. The Balaban J connectivity index is 0.000000791. The summed E-state index contributed by atoms with van der Waals surface area (Å²) < 4.78 is 0. The predicted molar refractivity (Wildman–Crippen MR) is 75.1 cm³/mol. The van der Waals surface area contributed by atoms with E-state index in [1.165, 1.54) is 25.7 Å². The number of carboxylic acid groups (broad SMARTS) is 1. The van der Waals surface area contributed by atoms with E-state index in [9.17, 15) is 4.79 Å². The Bertz CT molecular complexity index is 161. The predicted octanol–water partition coefficient (Wildman–Crippen LogP) is 3.01. The van der Waals surface area contributed by atoms with Gasteiger partial charge >= 0.3 is 5.97 Å². The van der Waals surface area contributed by atoms with Crippen molar-refractivity contribution in [1.29, 1.82) is 0 Å². The van der Waals surface area contributed by atoms with E-state index in [4.69, 9.17) is 5.11 Å². The third kappa shape index (κ3) is 5.69. The first-order valence-corrected chi connectivity index (χ1v) is 11.1. The number of likely N-dealkylation sites (N-methyl/N-ethyl adjacent to an activating group) is 1. The molecule has 0 heterocycles. The van der Waals surface area contributed by atoms with Gasteiger partial charge in [0.05, 0.1) is 0 Å². The molecule has 0 aromatic carbocycles. The highest BCUT2D eigenvalue weighted by Crippen LogP contribution is 2.28. The molecule has 5 heteroatoms. The summed E-state index contributed by atoms with van der Waals surface area (Å²) in [5, 5.41) is 11.6. The van der Waals surface area contributed by atoms with Crippen LogP contribution in [0.5, 0.6) is 0 Å². The average Bonchev–Trinajstić information content (AvgIpc) is 2.69. The molecule has 1 aliphatic carbocycles. The van der Waals surface area contributed by atoms with E-state index >= 15 is 0 Å². The first-order valence-electron chi connectivity index (χ1n) is 4.78. The fourth-order valence-electron chi connectivity index (χ4n) is 1.92. The summed E-state index contributed by atoms with van der Waals surface area (Å²) in [5.41, 5.74) is 0. The summed E-state index contributed by atoms with van der Waals surface area (Å²) in [6.45, 7) is 0. The zero-order valence-corrected chi connectivity index (χ0v) is 12.6. The number of carboxylic acids is 1.